The van der Waals surface area contributed by atoms with Gasteiger partial charge in [-0.2, -0.15) is 55.5 Å². The Bertz CT molecular complexity index is 3340. The van der Waals surface area contributed by atoms with Crippen molar-refractivity contribution in [2.45, 2.75) is 65.4 Å². The Labute approximate surface area is 512 Å². The molecule has 0 aliphatic carbocycles. The van der Waals surface area contributed by atoms with Gasteiger partial charge in [-0.05, 0) is 120 Å². The minimum Gasteiger partial charge on any atom is -0.508 e. The van der Waals surface area contributed by atoms with Crippen molar-refractivity contribution in [1.29, 1.82) is 0 Å². The van der Waals surface area contributed by atoms with Crippen LogP contribution in [-0.2, 0) is 18.0 Å². The van der Waals surface area contributed by atoms with Gasteiger partial charge in [0.15, 0.2) is 0 Å². The summed E-state index contributed by atoms with van der Waals surface area (Å²) in [6.07, 6.45) is 11.7. The summed E-state index contributed by atoms with van der Waals surface area (Å²) in [5, 5.41) is 32.3. The third kappa shape index (κ3) is 26.2. The molecule has 0 spiro atoms. The molecule has 9 rings (SSSR count). The number of hydrogen-bond donors (Lipinski definition) is 3. The molecular formula is C53H47Br2Cl5F8N8O6Si. The van der Waals surface area contributed by atoms with Crippen molar-refractivity contribution >= 4 is 97.9 Å². The first-order chi connectivity index (χ1) is 39.2. The van der Waals surface area contributed by atoms with Crippen molar-refractivity contribution in [2.24, 2.45) is 0 Å². The molecule has 0 amide bonds. The summed E-state index contributed by atoms with van der Waals surface area (Å²) in [4.78, 5) is 0. The lowest BCUT2D eigenvalue weighted by molar-refractivity contribution is -0.0505. The molecule has 0 saturated carbocycles. The van der Waals surface area contributed by atoms with Crippen molar-refractivity contribution in [2.75, 3.05) is 6.61 Å². The lowest BCUT2D eigenvalue weighted by Crippen LogP contribution is -2.22. The highest BCUT2D eigenvalue weighted by molar-refractivity contribution is 9.10. The SMILES string of the molecule is C[Si](C)(C)CCOCn1cc(-c2cc(Cl)cc(OC(F)F)c2)cn1.FC(F)Oc1cc(Cl)cc(-c2cn[nH]c2)c1.FC(F)Oc1cc(Cl)cc(-c2cnn(Cc3ccn[nH]3)c2)c1.FC(F)Oc1cc(Cl)cc(Br)c1.Oc1cc(Cl)cc(Br)c1. The third-order valence-corrected chi connectivity index (χ3v) is 13.8. The summed E-state index contributed by atoms with van der Waals surface area (Å²) in [6, 6.07) is 25.5. The summed E-state index contributed by atoms with van der Waals surface area (Å²) in [5.74, 6) is 0.280. The average Bonchev–Trinajstić information content (AvgIpc) is 4.32. The van der Waals surface area contributed by atoms with Crippen LogP contribution in [0.15, 0.2) is 149 Å². The average molecular weight is 1410 g/mol. The number of hydrogen-bond acceptors (Lipinski definition) is 10. The number of nitrogens with one attached hydrogen (secondary N) is 2. The minimum atomic E-state index is -2.89. The highest BCUT2D eigenvalue weighted by atomic mass is 79.9. The Kier molecular flexibility index (Phi) is 27.3. The van der Waals surface area contributed by atoms with Crippen molar-refractivity contribution in [3.8, 4) is 62.1 Å². The maximum Gasteiger partial charge on any atom is 0.387 e. The lowest BCUT2D eigenvalue weighted by atomic mass is 10.1. The van der Waals surface area contributed by atoms with E-state index in [4.69, 9.17) is 67.8 Å². The second-order valence-corrected chi connectivity index (χ2v) is 27.5. The largest absolute Gasteiger partial charge is 0.508 e. The van der Waals surface area contributed by atoms with Crippen LogP contribution in [0.5, 0.6) is 28.7 Å². The molecule has 4 aromatic heterocycles. The van der Waals surface area contributed by atoms with E-state index in [0.717, 1.165) is 32.9 Å². The van der Waals surface area contributed by atoms with Gasteiger partial charge >= 0.3 is 26.4 Å². The number of ether oxygens (including phenoxy) is 5. The Morgan fingerprint density at radius 3 is 1.37 bits per heavy atom. The maximum absolute atomic E-state index is 12.4. The first-order valence-corrected chi connectivity index (χ1v) is 30.9. The van der Waals surface area contributed by atoms with E-state index in [1.54, 1.807) is 89.1 Å². The summed E-state index contributed by atoms with van der Waals surface area (Å²) in [5.41, 5.74) is 5.14. The zero-order chi connectivity index (χ0) is 60.8. The molecule has 0 saturated heterocycles. The van der Waals surface area contributed by atoms with E-state index >= 15 is 0 Å². The van der Waals surface area contributed by atoms with Crippen LogP contribution < -0.4 is 18.9 Å². The zero-order valence-corrected chi connectivity index (χ0v) is 51.2. The van der Waals surface area contributed by atoms with Gasteiger partial charge in [-0.3, -0.25) is 14.9 Å². The second-order valence-electron chi connectivity index (χ2n) is 17.9. The standard InChI is InChI=1S/C16H21ClF2N2O2Si.C14H11ClF2N4O.C10H7ClF2N2O.C7H4BrClF2O.C6H4BrClO/c1-24(2,3)5-4-22-11-21-10-13(9-20-21)12-6-14(17)8-15(7-12)23-16(18)19;15-11-3-9(4-13(5-11)22-14(16)17)10-6-19-21(7-10)8-12-1-2-18-20-12;11-8-1-6(7-4-14-15-5-7)2-9(3-8)16-10(12)13;8-4-1-5(9)3-6(2-4)12-7(10)11;7-4-1-5(8)3-6(9)2-4/h6-10,16H,4-5,11H2,1-3H3;1-7,14H,8H2,(H,18,20);1-5,10H,(H,14,15);1-3,7H;1-3,9H. The lowest BCUT2D eigenvalue weighted by Gasteiger charge is -2.15. The fourth-order valence-electron chi connectivity index (χ4n) is 6.61. The molecule has 9 aromatic rings. The number of aromatic nitrogens is 8. The fraction of sp³-hybridized carbons (Fsp3) is 0.208. The monoisotopic (exact) mass is 1400 g/mol. The molecule has 0 fully saturated rings. The molecule has 0 unspecified atom stereocenters. The van der Waals surface area contributed by atoms with Gasteiger partial charge in [-0.25, -0.2) is 4.68 Å². The van der Waals surface area contributed by atoms with Crippen LogP contribution in [0, 0.1) is 0 Å². The van der Waals surface area contributed by atoms with Crippen molar-refractivity contribution in [3.63, 3.8) is 0 Å². The van der Waals surface area contributed by atoms with Gasteiger partial charge < -0.3 is 28.8 Å². The highest BCUT2D eigenvalue weighted by Crippen LogP contribution is 2.33. The number of aromatic amines is 2. The van der Waals surface area contributed by atoms with Crippen LogP contribution in [-0.4, -0.2) is 86.2 Å². The van der Waals surface area contributed by atoms with E-state index in [1.807, 2.05) is 6.07 Å². The molecule has 0 radical (unpaired) electrons. The van der Waals surface area contributed by atoms with Gasteiger partial charge in [0.25, 0.3) is 0 Å². The van der Waals surface area contributed by atoms with E-state index < -0.39 is 34.5 Å². The molecule has 5 aromatic carbocycles. The Morgan fingerprint density at radius 1 is 0.530 bits per heavy atom. The number of H-pyrrole nitrogens is 2. The number of halogens is 15. The van der Waals surface area contributed by atoms with Gasteiger partial charge in [0.05, 0.1) is 30.8 Å². The number of rotatable bonds is 18. The molecule has 14 nitrogen and oxygen atoms in total. The first kappa shape index (κ1) is 67.8. The summed E-state index contributed by atoms with van der Waals surface area (Å²) >= 11 is 35.1. The van der Waals surface area contributed by atoms with Crippen LogP contribution in [0.3, 0.4) is 0 Å². The highest BCUT2D eigenvalue weighted by Gasteiger charge is 2.15. The molecule has 4 heterocycles. The van der Waals surface area contributed by atoms with E-state index in [1.165, 1.54) is 54.6 Å². The minimum absolute atomic E-state index is 0.0128. The predicted octanol–water partition coefficient (Wildman–Crippen LogP) is 18.5. The van der Waals surface area contributed by atoms with Crippen LogP contribution in [0.2, 0.25) is 50.8 Å². The summed E-state index contributed by atoms with van der Waals surface area (Å²) < 4.78 is 124. The van der Waals surface area contributed by atoms with E-state index in [0.29, 0.717) is 66.2 Å². The molecule has 3 N–H and O–H groups in total. The van der Waals surface area contributed by atoms with Crippen molar-refractivity contribution < 1.29 is 63.9 Å². The second kappa shape index (κ2) is 33.5. The molecule has 0 aliphatic rings. The van der Waals surface area contributed by atoms with Gasteiger partial charge in [-0.1, -0.05) is 110 Å². The van der Waals surface area contributed by atoms with Gasteiger partial charge in [0.2, 0.25) is 0 Å². The maximum atomic E-state index is 12.4. The zero-order valence-electron chi connectivity index (χ0n) is 43.3. The number of phenols is 1. The van der Waals surface area contributed by atoms with E-state index in [-0.39, 0.29) is 28.7 Å². The third-order valence-electron chi connectivity index (χ3n) is 10.1. The van der Waals surface area contributed by atoms with Crippen molar-refractivity contribution in [1.82, 2.24) is 40.0 Å². The molecule has 0 atom stereocenters. The Hall–Kier alpha value is -6.03. The van der Waals surface area contributed by atoms with Crippen LogP contribution in [0.1, 0.15) is 5.69 Å². The molecule has 30 heteroatoms. The fourth-order valence-corrected chi connectivity index (χ4v) is 9.72. The van der Waals surface area contributed by atoms with Crippen molar-refractivity contribution in [3.05, 3.63) is 180 Å². The summed E-state index contributed by atoms with van der Waals surface area (Å²) in [6.45, 7) is -3.01. The van der Waals surface area contributed by atoms with Crippen LogP contribution in [0.4, 0.5) is 35.1 Å². The quantitative estimate of drug-likeness (QED) is 0.0429. The molecule has 444 valence electrons. The van der Waals surface area contributed by atoms with Crippen LogP contribution in [0.25, 0.3) is 33.4 Å². The smallest absolute Gasteiger partial charge is 0.387 e. The van der Waals surface area contributed by atoms with Gasteiger partial charge in [0.1, 0.15) is 35.5 Å². The van der Waals surface area contributed by atoms with E-state index in [2.05, 4.69) is 101 Å². The number of nitrogens with zero attached hydrogens (tertiary/aromatic N) is 6. The number of alkyl halides is 8. The Balaban J connectivity index is 0.000000197. The van der Waals surface area contributed by atoms with Gasteiger partial charge in [0, 0.05) is 90.2 Å². The normalized spacial score (nSPS) is 11.0. The van der Waals surface area contributed by atoms with E-state index in [9.17, 15) is 35.1 Å². The molecular weight excluding hydrogens is 1360 g/mol. The summed E-state index contributed by atoms with van der Waals surface area (Å²) in [7, 11) is -1.11. The number of benzene rings is 5. The molecule has 83 heavy (non-hydrogen) atoms. The number of phenolic OH excluding ortho intramolecular Hbond substituents is 1. The predicted molar refractivity (Wildman–Crippen MR) is 313 cm³/mol. The molecule has 0 aliphatic heterocycles. The number of aromatic hydroxyl groups is 1. The van der Waals surface area contributed by atoms with Crippen LogP contribution >= 0.6 is 89.9 Å². The van der Waals surface area contributed by atoms with Gasteiger partial charge in [-0.15, -0.1) is 0 Å². The first-order valence-electron chi connectivity index (χ1n) is 23.7. The topological polar surface area (TPSA) is 159 Å². The molecule has 0 bridgehead atoms. The Morgan fingerprint density at radius 2 is 0.964 bits per heavy atom.